The second-order valence-electron chi connectivity index (χ2n) is 7.72. The highest BCUT2D eigenvalue weighted by Gasteiger charge is 2.29. The van der Waals surface area contributed by atoms with Gasteiger partial charge in [-0.25, -0.2) is 0 Å². The second-order valence-corrected chi connectivity index (χ2v) is 7.72. The Labute approximate surface area is 181 Å². The largest absolute Gasteiger partial charge is 0.383 e. The average Bonchev–Trinajstić information content (AvgIpc) is 3.30. The number of amides is 2. The van der Waals surface area contributed by atoms with E-state index in [0.29, 0.717) is 38.2 Å². The SMILES string of the molecule is COCCNC(=O)c1cc(C2CCN(C(=O)Cc3ccncc3)C2)nc2ccccc12. The molecule has 1 aliphatic rings. The summed E-state index contributed by atoms with van der Waals surface area (Å²) in [6.45, 7) is 2.21. The second kappa shape index (κ2) is 9.66. The molecule has 1 unspecified atom stereocenters. The summed E-state index contributed by atoms with van der Waals surface area (Å²) in [5.74, 6) is 0.0732. The predicted molar refractivity (Wildman–Crippen MR) is 118 cm³/mol. The Hall–Kier alpha value is -3.32. The molecule has 0 spiro atoms. The van der Waals surface area contributed by atoms with Gasteiger partial charge in [0.15, 0.2) is 0 Å². The number of hydrogen-bond donors (Lipinski definition) is 1. The van der Waals surface area contributed by atoms with Crippen molar-refractivity contribution in [2.45, 2.75) is 18.8 Å². The molecule has 7 nitrogen and oxygen atoms in total. The van der Waals surface area contributed by atoms with Crippen LogP contribution in [0.2, 0.25) is 0 Å². The monoisotopic (exact) mass is 418 g/mol. The van der Waals surface area contributed by atoms with Crippen LogP contribution in [-0.4, -0.2) is 60.0 Å². The van der Waals surface area contributed by atoms with Crippen molar-refractivity contribution in [1.82, 2.24) is 20.2 Å². The fraction of sp³-hybridized carbons (Fsp3) is 0.333. The molecule has 2 aromatic heterocycles. The number of likely N-dealkylation sites (tertiary alicyclic amines) is 1. The highest BCUT2D eigenvalue weighted by molar-refractivity contribution is 6.06. The third kappa shape index (κ3) is 4.88. The van der Waals surface area contributed by atoms with Crippen LogP contribution in [0.15, 0.2) is 54.9 Å². The normalized spacial score (nSPS) is 15.9. The van der Waals surface area contributed by atoms with Gasteiger partial charge in [0.05, 0.1) is 24.1 Å². The van der Waals surface area contributed by atoms with Crippen molar-refractivity contribution in [2.24, 2.45) is 0 Å². The Balaban J connectivity index is 1.53. The number of para-hydroxylation sites is 1. The van der Waals surface area contributed by atoms with Crippen LogP contribution >= 0.6 is 0 Å². The third-order valence-electron chi connectivity index (χ3n) is 5.64. The molecule has 3 heterocycles. The smallest absolute Gasteiger partial charge is 0.252 e. The number of carbonyl (C=O) groups is 2. The van der Waals surface area contributed by atoms with Crippen molar-refractivity contribution in [1.29, 1.82) is 0 Å². The maximum atomic E-state index is 12.8. The van der Waals surface area contributed by atoms with Crippen LogP contribution in [0, 0.1) is 0 Å². The first-order chi connectivity index (χ1) is 15.2. The Morgan fingerprint density at radius 3 is 2.81 bits per heavy atom. The highest BCUT2D eigenvalue weighted by atomic mass is 16.5. The van der Waals surface area contributed by atoms with Gasteiger partial charge in [0.1, 0.15) is 0 Å². The topological polar surface area (TPSA) is 84.4 Å². The maximum absolute atomic E-state index is 12.8. The molecular weight excluding hydrogens is 392 g/mol. The lowest BCUT2D eigenvalue weighted by Gasteiger charge is -2.17. The molecule has 1 N–H and O–H groups in total. The van der Waals surface area contributed by atoms with Crippen molar-refractivity contribution in [3.8, 4) is 0 Å². The van der Waals surface area contributed by atoms with E-state index >= 15 is 0 Å². The minimum atomic E-state index is -0.138. The molecule has 0 bridgehead atoms. The number of nitrogens with zero attached hydrogens (tertiary/aromatic N) is 3. The van der Waals surface area contributed by atoms with Crippen LogP contribution in [0.1, 0.15) is 34.0 Å². The van der Waals surface area contributed by atoms with Crippen LogP contribution in [-0.2, 0) is 16.0 Å². The van der Waals surface area contributed by atoms with Gasteiger partial charge in [-0.05, 0) is 36.2 Å². The van der Waals surface area contributed by atoms with E-state index in [9.17, 15) is 9.59 Å². The van der Waals surface area contributed by atoms with E-state index < -0.39 is 0 Å². The summed E-state index contributed by atoms with van der Waals surface area (Å²) in [7, 11) is 1.61. The number of benzene rings is 1. The minimum Gasteiger partial charge on any atom is -0.383 e. The van der Waals surface area contributed by atoms with Crippen molar-refractivity contribution < 1.29 is 14.3 Å². The minimum absolute atomic E-state index is 0.104. The number of rotatable bonds is 7. The van der Waals surface area contributed by atoms with Gasteiger partial charge in [0.25, 0.3) is 5.91 Å². The molecule has 2 amide bonds. The number of pyridine rings is 2. The Kier molecular flexibility index (Phi) is 6.52. The first-order valence-corrected chi connectivity index (χ1v) is 10.5. The van der Waals surface area contributed by atoms with Crippen LogP contribution < -0.4 is 5.32 Å². The van der Waals surface area contributed by atoms with Gasteiger partial charge in [-0.2, -0.15) is 0 Å². The molecule has 1 fully saturated rings. The lowest BCUT2D eigenvalue weighted by atomic mass is 9.99. The first kappa shape index (κ1) is 20.9. The van der Waals surface area contributed by atoms with E-state index in [4.69, 9.17) is 9.72 Å². The van der Waals surface area contributed by atoms with E-state index in [2.05, 4.69) is 10.3 Å². The van der Waals surface area contributed by atoms with E-state index in [1.807, 2.05) is 47.4 Å². The van der Waals surface area contributed by atoms with Gasteiger partial charge in [0, 0.05) is 56.1 Å². The molecule has 1 aromatic carbocycles. The number of nitrogens with one attached hydrogen (secondary N) is 1. The summed E-state index contributed by atoms with van der Waals surface area (Å²) in [5, 5.41) is 3.73. The zero-order valence-electron chi connectivity index (χ0n) is 17.6. The zero-order chi connectivity index (χ0) is 21.6. The number of aromatic nitrogens is 2. The molecule has 0 radical (unpaired) electrons. The number of methoxy groups -OCH3 is 1. The lowest BCUT2D eigenvalue weighted by Crippen LogP contribution is -2.30. The summed E-state index contributed by atoms with van der Waals surface area (Å²) < 4.78 is 5.03. The molecule has 4 rings (SSSR count). The fourth-order valence-electron chi connectivity index (χ4n) is 3.97. The van der Waals surface area contributed by atoms with Gasteiger partial charge < -0.3 is 15.0 Å². The molecule has 0 aliphatic carbocycles. The van der Waals surface area contributed by atoms with Crippen molar-refractivity contribution in [2.75, 3.05) is 33.4 Å². The Morgan fingerprint density at radius 2 is 2.00 bits per heavy atom. The molecular formula is C24H26N4O3. The molecule has 7 heteroatoms. The lowest BCUT2D eigenvalue weighted by molar-refractivity contribution is -0.129. The van der Waals surface area contributed by atoms with E-state index in [-0.39, 0.29) is 17.7 Å². The van der Waals surface area contributed by atoms with E-state index in [1.165, 1.54) is 0 Å². The highest BCUT2D eigenvalue weighted by Crippen LogP contribution is 2.29. The first-order valence-electron chi connectivity index (χ1n) is 10.5. The third-order valence-corrected chi connectivity index (χ3v) is 5.64. The van der Waals surface area contributed by atoms with Gasteiger partial charge in [-0.15, -0.1) is 0 Å². The van der Waals surface area contributed by atoms with Crippen LogP contribution in [0.5, 0.6) is 0 Å². The number of carbonyl (C=O) groups excluding carboxylic acids is 2. The van der Waals surface area contributed by atoms with E-state index in [1.54, 1.807) is 19.5 Å². The summed E-state index contributed by atoms with van der Waals surface area (Å²) in [6.07, 6.45) is 4.60. The maximum Gasteiger partial charge on any atom is 0.252 e. The van der Waals surface area contributed by atoms with Crippen LogP contribution in [0.3, 0.4) is 0 Å². The molecule has 160 valence electrons. The summed E-state index contributed by atoms with van der Waals surface area (Å²) >= 11 is 0. The van der Waals surface area contributed by atoms with Gasteiger partial charge in [-0.3, -0.25) is 19.6 Å². The standard InChI is InChI=1S/C24H26N4O3/c1-31-13-11-26-24(30)20-15-22(27-21-5-3-2-4-19(20)21)18-8-12-28(16-18)23(29)14-17-6-9-25-10-7-17/h2-7,9-10,15,18H,8,11-14,16H2,1H3,(H,26,30). The summed E-state index contributed by atoms with van der Waals surface area (Å²) in [5.41, 5.74) is 3.22. The van der Waals surface area contributed by atoms with Crippen molar-refractivity contribution >= 4 is 22.7 Å². The Morgan fingerprint density at radius 1 is 1.19 bits per heavy atom. The molecule has 1 atom stereocenters. The van der Waals surface area contributed by atoms with Gasteiger partial charge in [0.2, 0.25) is 5.91 Å². The Bertz CT molecular complexity index is 1070. The molecule has 0 saturated carbocycles. The van der Waals surface area contributed by atoms with Crippen molar-refractivity contribution in [3.63, 3.8) is 0 Å². The quantitative estimate of drug-likeness (QED) is 0.596. The molecule has 3 aromatic rings. The van der Waals surface area contributed by atoms with Crippen LogP contribution in [0.4, 0.5) is 0 Å². The molecule has 1 saturated heterocycles. The molecule has 1 aliphatic heterocycles. The predicted octanol–water partition coefficient (Wildman–Crippen LogP) is 2.56. The van der Waals surface area contributed by atoms with Crippen LogP contribution in [0.25, 0.3) is 10.9 Å². The molecule has 31 heavy (non-hydrogen) atoms. The van der Waals surface area contributed by atoms with Gasteiger partial charge in [-0.1, -0.05) is 18.2 Å². The zero-order valence-corrected chi connectivity index (χ0v) is 17.6. The fourth-order valence-corrected chi connectivity index (χ4v) is 3.97. The number of ether oxygens (including phenoxy) is 1. The number of fused-ring (bicyclic) bond motifs is 1. The van der Waals surface area contributed by atoms with Crippen molar-refractivity contribution in [3.05, 3.63) is 71.7 Å². The summed E-state index contributed by atoms with van der Waals surface area (Å²) in [4.78, 5) is 36.3. The summed E-state index contributed by atoms with van der Waals surface area (Å²) in [6, 6.07) is 13.3. The van der Waals surface area contributed by atoms with Gasteiger partial charge >= 0.3 is 0 Å². The van der Waals surface area contributed by atoms with E-state index in [0.717, 1.165) is 28.6 Å². The number of hydrogen-bond acceptors (Lipinski definition) is 5. The average molecular weight is 418 g/mol.